The smallest absolute Gasteiger partial charge is 0.281 e. The summed E-state index contributed by atoms with van der Waals surface area (Å²) in [5, 5.41) is 19.2. The summed E-state index contributed by atoms with van der Waals surface area (Å²) in [4.78, 5) is 20.3. The lowest BCUT2D eigenvalue weighted by Gasteiger charge is -2.31. The zero-order chi connectivity index (χ0) is 30.8. The zero-order valence-corrected chi connectivity index (χ0v) is 24.7. The van der Waals surface area contributed by atoms with Crippen molar-refractivity contribution >= 4 is 21.2 Å². The molecule has 2 aromatic carbocycles. The normalized spacial score (nSPS) is 14.7. The number of benzene rings is 2. The third-order valence-corrected chi connectivity index (χ3v) is 9.21. The van der Waals surface area contributed by atoms with Gasteiger partial charge in [-0.15, -0.1) is 10.2 Å². The van der Waals surface area contributed by atoms with E-state index in [9.17, 15) is 17.6 Å². The Hall–Kier alpha value is -4.77. The summed E-state index contributed by atoms with van der Waals surface area (Å²) in [5.74, 6) is 0.255. The molecule has 17 heteroatoms. The van der Waals surface area contributed by atoms with Crippen molar-refractivity contribution in [2.45, 2.75) is 44.0 Å². The number of hydrogen-bond acceptors (Lipinski definition) is 11. The number of rotatable bonds is 10. The van der Waals surface area contributed by atoms with E-state index in [0.717, 1.165) is 0 Å². The summed E-state index contributed by atoms with van der Waals surface area (Å²) in [5.41, 5.74) is 0.982. The van der Waals surface area contributed by atoms with Gasteiger partial charge in [-0.25, -0.2) is 22.5 Å². The van der Waals surface area contributed by atoms with Crippen LogP contribution in [0.3, 0.4) is 0 Å². The summed E-state index contributed by atoms with van der Waals surface area (Å²) in [6.07, 6.45) is 2.20. The molecule has 1 fully saturated rings. The van der Waals surface area contributed by atoms with Crippen LogP contribution in [0.2, 0.25) is 0 Å². The van der Waals surface area contributed by atoms with Gasteiger partial charge >= 0.3 is 0 Å². The first-order valence-corrected chi connectivity index (χ1v) is 15.5. The standard InChI is InChI=1S/C27H29FN10O5S/c1-3-42-21-14-23(22(43-4-2)13-20(21)38-16-29-33-35-38)44(40,41)36-10-8-18(9-11-36)25-30-26-24(27(39)31-25)32-34-37(26)15-17-6-5-7-19(28)12-17/h5-7,12-14,16,18H,3-4,8-11,15H2,1-2H3,(H,30,31,39). The highest BCUT2D eigenvalue weighted by atomic mass is 32.2. The van der Waals surface area contributed by atoms with Crippen molar-refractivity contribution in [3.8, 4) is 17.2 Å². The Kier molecular flexibility index (Phi) is 8.05. The number of piperidine rings is 1. The molecule has 0 radical (unpaired) electrons. The Morgan fingerprint density at radius 1 is 1.05 bits per heavy atom. The molecule has 3 aromatic heterocycles. The Morgan fingerprint density at radius 2 is 1.82 bits per heavy atom. The molecule has 5 aromatic rings. The van der Waals surface area contributed by atoms with Crippen LogP contribution in [0, 0.1) is 5.82 Å². The van der Waals surface area contributed by atoms with E-state index in [4.69, 9.17) is 9.47 Å². The maximum absolute atomic E-state index is 13.9. The van der Waals surface area contributed by atoms with E-state index in [1.165, 1.54) is 38.2 Å². The molecule has 4 heterocycles. The van der Waals surface area contributed by atoms with Gasteiger partial charge in [0.15, 0.2) is 11.2 Å². The lowest BCUT2D eigenvalue weighted by molar-refractivity contribution is 0.304. The minimum Gasteiger partial charge on any atom is -0.492 e. The van der Waals surface area contributed by atoms with Gasteiger partial charge in [-0.3, -0.25) is 4.79 Å². The number of aromatic amines is 1. The van der Waals surface area contributed by atoms with Crippen molar-refractivity contribution in [1.82, 2.24) is 49.5 Å². The molecule has 230 valence electrons. The van der Waals surface area contributed by atoms with Crippen LogP contribution in [0.5, 0.6) is 11.5 Å². The Bertz CT molecular complexity index is 1950. The fourth-order valence-corrected chi connectivity index (χ4v) is 6.82. The third kappa shape index (κ3) is 5.62. The van der Waals surface area contributed by atoms with Crippen LogP contribution in [0.15, 0.2) is 52.4 Å². The second kappa shape index (κ2) is 12.1. The number of ether oxygens (including phenoxy) is 2. The van der Waals surface area contributed by atoms with Crippen LogP contribution in [0.4, 0.5) is 4.39 Å². The van der Waals surface area contributed by atoms with Crippen molar-refractivity contribution in [3.63, 3.8) is 0 Å². The van der Waals surface area contributed by atoms with Gasteiger partial charge in [0.2, 0.25) is 10.0 Å². The molecule has 1 aliphatic heterocycles. The first-order valence-electron chi connectivity index (χ1n) is 14.0. The molecule has 0 bridgehead atoms. The first-order chi connectivity index (χ1) is 21.3. The number of aromatic nitrogens is 9. The van der Waals surface area contributed by atoms with Crippen LogP contribution in [0.1, 0.15) is 44.0 Å². The number of nitrogens with one attached hydrogen (secondary N) is 1. The zero-order valence-electron chi connectivity index (χ0n) is 23.9. The maximum atomic E-state index is 13.9. The molecule has 0 spiro atoms. The molecular weight excluding hydrogens is 595 g/mol. The van der Waals surface area contributed by atoms with Crippen LogP contribution in [0.25, 0.3) is 16.9 Å². The number of sulfonamides is 1. The van der Waals surface area contributed by atoms with Crippen molar-refractivity contribution < 1.29 is 22.3 Å². The highest BCUT2D eigenvalue weighted by molar-refractivity contribution is 7.89. The molecule has 15 nitrogen and oxygen atoms in total. The van der Waals surface area contributed by atoms with E-state index >= 15 is 0 Å². The highest BCUT2D eigenvalue weighted by Crippen LogP contribution is 2.37. The van der Waals surface area contributed by atoms with Gasteiger partial charge in [0.05, 0.1) is 19.8 Å². The monoisotopic (exact) mass is 624 g/mol. The molecule has 6 rings (SSSR count). The van der Waals surface area contributed by atoms with Crippen molar-refractivity contribution in [2.24, 2.45) is 0 Å². The second-order valence-corrected chi connectivity index (χ2v) is 12.0. The number of H-pyrrole nitrogens is 1. The minimum absolute atomic E-state index is 0.0293. The molecular formula is C27H29FN10O5S. The fraction of sp³-hybridized carbons (Fsp3) is 0.370. The fourth-order valence-electron chi connectivity index (χ4n) is 5.22. The highest BCUT2D eigenvalue weighted by Gasteiger charge is 2.34. The molecule has 1 saturated heterocycles. The molecule has 0 amide bonds. The Morgan fingerprint density at radius 3 is 2.52 bits per heavy atom. The largest absolute Gasteiger partial charge is 0.492 e. The van der Waals surface area contributed by atoms with Crippen molar-refractivity contribution in [2.75, 3.05) is 26.3 Å². The number of halogens is 1. The molecule has 0 aliphatic carbocycles. The van der Waals surface area contributed by atoms with Crippen molar-refractivity contribution in [3.05, 3.63) is 70.3 Å². The van der Waals surface area contributed by atoms with Gasteiger partial charge in [0.1, 0.15) is 40.1 Å². The predicted molar refractivity (Wildman–Crippen MR) is 154 cm³/mol. The number of fused-ring (bicyclic) bond motifs is 1. The van der Waals surface area contributed by atoms with E-state index in [0.29, 0.717) is 36.5 Å². The van der Waals surface area contributed by atoms with Gasteiger partial charge in [-0.05, 0) is 54.8 Å². The SMILES string of the molecule is CCOc1cc(S(=O)(=O)N2CCC(c3nc4c(nnn4Cc4cccc(F)c4)c(=O)[nH]3)CC2)c(OCC)cc1-n1cnnn1. The Labute approximate surface area is 250 Å². The average molecular weight is 625 g/mol. The summed E-state index contributed by atoms with van der Waals surface area (Å²) in [6.45, 7) is 4.62. The van der Waals surface area contributed by atoms with Crippen molar-refractivity contribution in [1.29, 1.82) is 0 Å². The predicted octanol–water partition coefficient (Wildman–Crippen LogP) is 2.04. The topological polar surface area (TPSA) is 176 Å². The van der Waals surface area contributed by atoms with Crippen LogP contribution in [-0.2, 0) is 16.6 Å². The van der Waals surface area contributed by atoms with Gasteiger partial charge in [-0.2, -0.15) is 8.99 Å². The first kappa shape index (κ1) is 29.3. The van der Waals surface area contributed by atoms with E-state index in [-0.39, 0.29) is 65.5 Å². The number of hydrogen-bond donors (Lipinski definition) is 1. The summed E-state index contributed by atoms with van der Waals surface area (Å²) >= 11 is 0. The molecule has 0 atom stereocenters. The van der Waals surface area contributed by atoms with E-state index in [2.05, 4.69) is 35.8 Å². The molecule has 1 N–H and O–H groups in total. The van der Waals surface area contributed by atoms with Gasteiger partial charge < -0.3 is 14.5 Å². The van der Waals surface area contributed by atoms with E-state index in [1.807, 2.05) is 0 Å². The second-order valence-electron chi connectivity index (χ2n) is 10.1. The van der Waals surface area contributed by atoms with Gasteiger partial charge in [0, 0.05) is 31.1 Å². The third-order valence-electron chi connectivity index (χ3n) is 7.29. The van der Waals surface area contributed by atoms with Crippen LogP contribution < -0.4 is 15.0 Å². The van der Waals surface area contributed by atoms with E-state index in [1.54, 1.807) is 32.0 Å². The number of nitrogens with zero attached hydrogens (tertiary/aromatic N) is 9. The van der Waals surface area contributed by atoms with Gasteiger partial charge in [0.25, 0.3) is 5.56 Å². The Balaban J connectivity index is 1.25. The lowest BCUT2D eigenvalue weighted by atomic mass is 9.97. The summed E-state index contributed by atoms with van der Waals surface area (Å²) in [7, 11) is -4.01. The lowest BCUT2D eigenvalue weighted by Crippen LogP contribution is -2.38. The molecule has 44 heavy (non-hydrogen) atoms. The molecule has 0 saturated carbocycles. The van der Waals surface area contributed by atoms with Crippen LogP contribution >= 0.6 is 0 Å². The minimum atomic E-state index is -4.01. The van der Waals surface area contributed by atoms with Gasteiger partial charge in [-0.1, -0.05) is 17.3 Å². The molecule has 1 aliphatic rings. The number of tetrazole rings is 1. The maximum Gasteiger partial charge on any atom is 0.281 e. The van der Waals surface area contributed by atoms with Crippen LogP contribution in [-0.4, -0.2) is 84.2 Å². The van der Waals surface area contributed by atoms with E-state index < -0.39 is 15.6 Å². The quantitative estimate of drug-likeness (QED) is 0.241. The summed E-state index contributed by atoms with van der Waals surface area (Å²) < 4.78 is 57.3. The molecule has 0 unspecified atom stereocenters. The summed E-state index contributed by atoms with van der Waals surface area (Å²) in [6, 6.07) is 9.05. The average Bonchev–Trinajstić information content (AvgIpc) is 3.69.